The van der Waals surface area contributed by atoms with Crippen LogP contribution in [0.25, 0.3) is 76.5 Å². The third kappa shape index (κ3) is 7.84. The molecular weight excluding hydrogens is 817 g/mol. The van der Waals surface area contributed by atoms with Crippen molar-refractivity contribution >= 4 is 78.9 Å². The Morgan fingerprint density at radius 3 is 0.766 bits per heavy atom. The number of hydrogen-bond donors (Lipinski definition) is 0. The second kappa shape index (κ2) is 17.2. The molecule has 0 atom stereocenters. The quantitative estimate of drug-likeness (QED) is 0.100. The van der Waals surface area contributed by atoms with Crippen molar-refractivity contribution in [2.45, 2.75) is 41.5 Å². The molecule has 8 rings (SSSR count). The molecule has 0 bridgehead atoms. The van der Waals surface area contributed by atoms with E-state index in [2.05, 4.69) is 0 Å². The Bertz CT molecular complexity index is 3090. The highest BCUT2D eigenvalue weighted by Gasteiger charge is 2.35. The summed E-state index contributed by atoms with van der Waals surface area (Å²) in [5.41, 5.74) is 1.36. The Labute approximate surface area is 365 Å². The van der Waals surface area contributed by atoms with E-state index < -0.39 is 35.8 Å². The topological polar surface area (TPSA) is 158 Å². The average molecular weight is 855 g/mol. The summed E-state index contributed by atoms with van der Waals surface area (Å²) in [5, 5.41) is 4.33. The molecule has 0 radical (unpaired) electrons. The van der Waals surface area contributed by atoms with E-state index >= 15 is 0 Å². The Morgan fingerprint density at radius 1 is 0.266 bits per heavy atom. The fraction of sp³-hybridized carbons (Fsp3) is 0.115. The second-order valence-corrected chi connectivity index (χ2v) is 14.8. The second-order valence-electron chi connectivity index (χ2n) is 14.8. The summed E-state index contributed by atoms with van der Waals surface area (Å²) in [5.74, 6) is -5.22. The highest BCUT2D eigenvalue weighted by atomic mass is 16.6. The fourth-order valence-corrected chi connectivity index (χ4v) is 8.24. The molecule has 0 heterocycles. The van der Waals surface area contributed by atoms with Crippen LogP contribution < -0.4 is 28.4 Å². The SMILES string of the molecule is CC(=O)Oc1ccc2ccccc2c1-c1c(OC(C)=O)c(OC(C)=O)c(-c2c(OC(C)=O)c(OC(C)=O)c(-c3c(OC(C)=O)ccc4ccccc34)c3ccccc23)c2ccccc12. The molecule has 0 unspecified atom stereocenters. The molecule has 318 valence electrons. The maximum atomic E-state index is 13.4. The molecule has 0 aliphatic rings. The molecule has 0 aromatic heterocycles. The summed E-state index contributed by atoms with van der Waals surface area (Å²) >= 11 is 0. The van der Waals surface area contributed by atoms with Gasteiger partial charge in [0.05, 0.1) is 0 Å². The molecule has 12 heteroatoms. The largest absolute Gasteiger partial charge is 0.426 e. The number of carbonyl (C=O) groups excluding carboxylic acids is 6. The summed E-state index contributed by atoms with van der Waals surface area (Å²) in [7, 11) is 0. The van der Waals surface area contributed by atoms with Gasteiger partial charge >= 0.3 is 35.8 Å². The third-order valence-corrected chi connectivity index (χ3v) is 10.3. The standard InChI is InChI=1S/C52H38O12/c1-27(53)59-41-25-23-33-15-7-9-17-35(33)43(41)45-37-19-11-13-21-39(37)47(51(63-31(5)57)49(45)61-29(3)55)48-40-22-14-12-20-38(40)46(50(62-30(4)56)52(48)64-32(6)58)44-36-18-10-8-16-34(36)24-26-42(44)60-28(2)54/h7-26H,1-6H3. The highest BCUT2D eigenvalue weighted by molar-refractivity contribution is 6.23. The average Bonchev–Trinajstić information content (AvgIpc) is 3.24. The van der Waals surface area contributed by atoms with Crippen molar-refractivity contribution in [1.82, 2.24) is 0 Å². The van der Waals surface area contributed by atoms with Crippen molar-refractivity contribution in [1.29, 1.82) is 0 Å². The molecule has 0 fully saturated rings. The lowest BCUT2D eigenvalue weighted by Crippen LogP contribution is -2.13. The molecule has 12 nitrogen and oxygen atoms in total. The molecule has 0 saturated heterocycles. The molecule has 0 saturated carbocycles. The summed E-state index contributed by atoms with van der Waals surface area (Å²) in [6, 6.07) is 35.5. The van der Waals surface area contributed by atoms with Crippen LogP contribution in [0, 0.1) is 0 Å². The molecule has 0 spiro atoms. The van der Waals surface area contributed by atoms with Crippen molar-refractivity contribution in [3.05, 3.63) is 121 Å². The number of esters is 6. The van der Waals surface area contributed by atoms with Gasteiger partial charge in [0.15, 0.2) is 23.0 Å². The molecule has 0 N–H and O–H groups in total. The number of benzene rings is 8. The van der Waals surface area contributed by atoms with Crippen LogP contribution in [0.15, 0.2) is 121 Å². The fourth-order valence-electron chi connectivity index (χ4n) is 8.24. The lowest BCUT2D eigenvalue weighted by molar-refractivity contribution is -0.134. The zero-order chi connectivity index (χ0) is 45.4. The summed E-state index contributed by atoms with van der Waals surface area (Å²) in [4.78, 5) is 78.9. The highest BCUT2D eigenvalue weighted by Crippen LogP contribution is 2.60. The number of ether oxygens (including phenoxy) is 6. The van der Waals surface area contributed by atoms with Crippen molar-refractivity contribution in [3.8, 4) is 67.9 Å². The molecule has 0 aliphatic carbocycles. The third-order valence-electron chi connectivity index (χ3n) is 10.3. The Kier molecular flexibility index (Phi) is 11.4. The Morgan fingerprint density at radius 2 is 0.500 bits per heavy atom. The Hall–Kier alpha value is -8.38. The molecule has 8 aromatic carbocycles. The number of hydrogen-bond acceptors (Lipinski definition) is 12. The van der Waals surface area contributed by atoms with E-state index in [4.69, 9.17) is 28.4 Å². The van der Waals surface area contributed by atoms with Crippen LogP contribution in [0.3, 0.4) is 0 Å². The number of rotatable bonds is 9. The first-order valence-corrected chi connectivity index (χ1v) is 20.1. The van der Waals surface area contributed by atoms with E-state index in [9.17, 15) is 28.8 Å². The zero-order valence-corrected chi connectivity index (χ0v) is 35.4. The first kappa shape index (κ1) is 42.3. The van der Waals surface area contributed by atoms with E-state index in [1.165, 1.54) is 41.5 Å². The van der Waals surface area contributed by atoms with Crippen LogP contribution in [0.4, 0.5) is 0 Å². The van der Waals surface area contributed by atoms with Gasteiger partial charge in [0, 0.05) is 74.9 Å². The van der Waals surface area contributed by atoms with Crippen LogP contribution in [-0.4, -0.2) is 35.8 Å². The van der Waals surface area contributed by atoms with Crippen LogP contribution in [-0.2, 0) is 28.8 Å². The summed E-state index contributed by atoms with van der Waals surface area (Å²) in [6.45, 7) is 7.24. The lowest BCUT2D eigenvalue weighted by Gasteiger charge is -2.26. The van der Waals surface area contributed by atoms with Gasteiger partial charge in [-0.15, -0.1) is 0 Å². The molecule has 8 aromatic rings. The van der Waals surface area contributed by atoms with E-state index in [0.29, 0.717) is 43.4 Å². The first-order valence-electron chi connectivity index (χ1n) is 20.1. The van der Waals surface area contributed by atoms with Gasteiger partial charge in [-0.05, 0) is 55.2 Å². The van der Waals surface area contributed by atoms with Crippen LogP contribution in [0.5, 0.6) is 34.5 Å². The lowest BCUT2D eigenvalue weighted by atomic mass is 9.84. The molecular formula is C52H38O12. The monoisotopic (exact) mass is 854 g/mol. The van der Waals surface area contributed by atoms with E-state index in [-0.39, 0.29) is 56.8 Å². The van der Waals surface area contributed by atoms with Crippen molar-refractivity contribution < 1.29 is 57.2 Å². The van der Waals surface area contributed by atoms with Crippen molar-refractivity contribution in [3.63, 3.8) is 0 Å². The molecule has 0 aliphatic heterocycles. The van der Waals surface area contributed by atoms with Gasteiger partial charge in [-0.25, -0.2) is 0 Å². The van der Waals surface area contributed by atoms with Gasteiger partial charge in [-0.3, -0.25) is 28.8 Å². The predicted molar refractivity (Wildman–Crippen MR) is 241 cm³/mol. The van der Waals surface area contributed by atoms with Gasteiger partial charge in [0.1, 0.15) is 11.5 Å². The maximum absolute atomic E-state index is 13.4. The summed E-state index contributed by atoms with van der Waals surface area (Å²) < 4.78 is 36.3. The van der Waals surface area contributed by atoms with Gasteiger partial charge < -0.3 is 28.4 Å². The van der Waals surface area contributed by atoms with Crippen molar-refractivity contribution in [2.75, 3.05) is 0 Å². The normalized spacial score (nSPS) is 11.0. The number of fused-ring (bicyclic) bond motifs is 4. The van der Waals surface area contributed by atoms with E-state index in [1.807, 2.05) is 36.4 Å². The van der Waals surface area contributed by atoms with Gasteiger partial charge in [-0.2, -0.15) is 0 Å². The van der Waals surface area contributed by atoms with E-state index in [1.54, 1.807) is 84.9 Å². The smallest absolute Gasteiger partial charge is 0.308 e. The minimum absolute atomic E-state index is 0.102. The van der Waals surface area contributed by atoms with Gasteiger partial charge in [-0.1, -0.05) is 109 Å². The Balaban J connectivity index is 1.66. The van der Waals surface area contributed by atoms with Crippen molar-refractivity contribution in [2.24, 2.45) is 0 Å². The van der Waals surface area contributed by atoms with Gasteiger partial charge in [0.2, 0.25) is 0 Å². The first-order chi connectivity index (χ1) is 30.7. The maximum Gasteiger partial charge on any atom is 0.308 e. The van der Waals surface area contributed by atoms with E-state index in [0.717, 1.165) is 10.8 Å². The molecule has 0 amide bonds. The summed E-state index contributed by atoms with van der Waals surface area (Å²) in [6.07, 6.45) is 0. The van der Waals surface area contributed by atoms with Crippen LogP contribution in [0.2, 0.25) is 0 Å². The van der Waals surface area contributed by atoms with Crippen LogP contribution >= 0.6 is 0 Å². The number of carbonyl (C=O) groups is 6. The minimum Gasteiger partial charge on any atom is -0.426 e. The predicted octanol–water partition coefficient (Wildman–Crippen LogP) is 10.9. The minimum atomic E-state index is -0.814. The van der Waals surface area contributed by atoms with Gasteiger partial charge in [0.25, 0.3) is 0 Å². The zero-order valence-electron chi connectivity index (χ0n) is 35.4. The van der Waals surface area contributed by atoms with Crippen LogP contribution in [0.1, 0.15) is 41.5 Å². The molecule has 64 heavy (non-hydrogen) atoms.